The zero-order valence-corrected chi connectivity index (χ0v) is 11.7. The van der Waals surface area contributed by atoms with E-state index in [1.54, 1.807) is 0 Å². The third kappa shape index (κ3) is 3.51. The van der Waals surface area contributed by atoms with Gasteiger partial charge in [0.25, 0.3) is 0 Å². The van der Waals surface area contributed by atoms with Gasteiger partial charge in [-0.15, -0.1) is 0 Å². The summed E-state index contributed by atoms with van der Waals surface area (Å²) in [5.41, 5.74) is 2.31. The van der Waals surface area contributed by atoms with Gasteiger partial charge in [0.2, 0.25) is 0 Å². The van der Waals surface area contributed by atoms with Crippen molar-refractivity contribution in [3.8, 4) is 11.5 Å². The lowest BCUT2D eigenvalue weighted by molar-refractivity contribution is 0.206. The predicted octanol–water partition coefficient (Wildman–Crippen LogP) is 3.41. The first-order chi connectivity index (χ1) is 9.24. The van der Waals surface area contributed by atoms with Gasteiger partial charge in [0.05, 0.1) is 19.3 Å². The van der Waals surface area contributed by atoms with Crippen molar-refractivity contribution in [1.29, 1.82) is 0 Å². The van der Waals surface area contributed by atoms with Gasteiger partial charge < -0.3 is 14.6 Å². The van der Waals surface area contributed by atoms with Crippen LogP contribution in [0.5, 0.6) is 11.5 Å². The van der Waals surface area contributed by atoms with E-state index >= 15 is 0 Å². The number of aliphatic hydroxyl groups excluding tert-OH is 1. The highest BCUT2D eigenvalue weighted by atomic mass is 16.5. The highest BCUT2D eigenvalue weighted by Gasteiger charge is 2.14. The molecule has 1 aromatic carbocycles. The van der Waals surface area contributed by atoms with Crippen molar-refractivity contribution in [2.24, 2.45) is 0 Å². The molecule has 0 radical (unpaired) electrons. The Morgan fingerprint density at radius 2 is 1.89 bits per heavy atom. The zero-order chi connectivity index (χ0) is 13.7. The maximum atomic E-state index is 9.72. The molecule has 0 bridgehead atoms. The first-order valence-electron chi connectivity index (χ1n) is 7.03. The van der Waals surface area contributed by atoms with Gasteiger partial charge in [-0.05, 0) is 56.4 Å². The average molecular weight is 262 g/mol. The largest absolute Gasteiger partial charge is 0.490 e. The van der Waals surface area contributed by atoms with Crippen molar-refractivity contribution < 1.29 is 14.6 Å². The number of benzene rings is 1. The molecular formula is C16H22O3. The Morgan fingerprint density at radius 1 is 1.16 bits per heavy atom. The molecule has 0 saturated heterocycles. The van der Waals surface area contributed by atoms with E-state index in [0.717, 1.165) is 36.3 Å². The Balaban J connectivity index is 2.29. The lowest BCUT2D eigenvalue weighted by Gasteiger charge is -2.19. The normalized spacial score (nSPS) is 18.9. The van der Waals surface area contributed by atoms with Crippen LogP contribution in [0.4, 0.5) is 0 Å². The van der Waals surface area contributed by atoms with Gasteiger partial charge in [-0.25, -0.2) is 0 Å². The van der Waals surface area contributed by atoms with Crippen LogP contribution in [-0.2, 0) is 0 Å². The number of hydrogen-bond acceptors (Lipinski definition) is 3. The molecule has 19 heavy (non-hydrogen) atoms. The van der Waals surface area contributed by atoms with E-state index in [1.807, 2.05) is 38.1 Å². The second-order valence-electron chi connectivity index (χ2n) is 4.68. The maximum absolute atomic E-state index is 9.72. The van der Waals surface area contributed by atoms with Crippen molar-refractivity contribution >= 4 is 5.57 Å². The van der Waals surface area contributed by atoms with Crippen molar-refractivity contribution in [3.63, 3.8) is 0 Å². The predicted molar refractivity (Wildman–Crippen MR) is 76.6 cm³/mol. The smallest absolute Gasteiger partial charge is 0.161 e. The third-order valence-corrected chi connectivity index (χ3v) is 3.25. The molecule has 0 fully saturated rings. The van der Waals surface area contributed by atoms with Crippen LogP contribution < -0.4 is 9.47 Å². The first kappa shape index (κ1) is 13.9. The quantitative estimate of drug-likeness (QED) is 0.883. The van der Waals surface area contributed by atoms with Crippen LogP contribution in [0.1, 0.15) is 38.7 Å². The lowest BCUT2D eigenvalue weighted by atomic mass is 9.92. The molecule has 1 atom stereocenters. The molecule has 3 nitrogen and oxygen atoms in total. The second kappa shape index (κ2) is 6.62. The van der Waals surface area contributed by atoms with Crippen molar-refractivity contribution in [3.05, 3.63) is 29.8 Å². The van der Waals surface area contributed by atoms with Gasteiger partial charge >= 0.3 is 0 Å². The number of allylic oxidation sites excluding steroid dienone is 1. The van der Waals surface area contributed by atoms with E-state index in [4.69, 9.17) is 9.47 Å². The summed E-state index contributed by atoms with van der Waals surface area (Å²) in [6.45, 7) is 5.17. The zero-order valence-electron chi connectivity index (χ0n) is 11.7. The maximum Gasteiger partial charge on any atom is 0.161 e. The fourth-order valence-electron chi connectivity index (χ4n) is 2.39. The van der Waals surface area contributed by atoms with E-state index in [-0.39, 0.29) is 6.10 Å². The summed E-state index contributed by atoms with van der Waals surface area (Å²) in [6, 6.07) is 6.00. The molecule has 0 aromatic heterocycles. The number of ether oxygens (including phenoxy) is 2. The molecule has 0 amide bonds. The third-order valence-electron chi connectivity index (χ3n) is 3.25. The monoisotopic (exact) mass is 262 g/mol. The molecule has 104 valence electrons. The Labute approximate surface area is 114 Å². The fourth-order valence-corrected chi connectivity index (χ4v) is 2.39. The van der Waals surface area contributed by atoms with E-state index in [1.165, 1.54) is 5.57 Å². The second-order valence-corrected chi connectivity index (χ2v) is 4.68. The summed E-state index contributed by atoms with van der Waals surface area (Å²) in [7, 11) is 0. The van der Waals surface area contributed by atoms with Gasteiger partial charge in [0.15, 0.2) is 11.5 Å². The van der Waals surface area contributed by atoms with E-state index in [0.29, 0.717) is 13.2 Å². The van der Waals surface area contributed by atoms with Gasteiger partial charge in [0, 0.05) is 0 Å². The minimum Gasteiger partial charge on any atom is -0.490 e. The summed E-state index contributed by atoms with van der Waals surface area (Å²) in [6.07, 6.45) is 4.54. The van der Waals surface area contributed by atoms with Crippen molar-refractivity contribution in [2.45, 2.75) is 39.2 Å². The van der Waals surface area contributed by atoms with Crippen LogP contribution in [0.15, 0.2) is 24.3 Å². The van der Waals surface area contributed by atoms with Crippen LogP contribution in [0.25, 0.3) is 5.57 Å². The standard InChI is InChI=1S/C16H22O3/c1-3-18-15-9-8-13(11-16(15)19-4-2)12-6-5-7-14(17)10-12/h8-11,14,17H,3-7H2,1-2H3. The van der Waals surface area contributed by atoms with Crippen LogP contribution in [0, 0.1) is 0 Å². The van der Waals surface area contributed by atoms with Crippen molar-refractivity contribution in [1.82, 2.24) is 0 Å². The van der Waals surface area contributed by atoms with Crippen molar-refractivity contribution in [2.75, 3.05) is 13.2 Å². The highest BCUT2D eigenvalue weighted by Crippen LogP contribution is 2.34. The fraction of sp³-hybridized carbons (Fsp3) is 0.500. The average Bonchev–Trinajstić information content (AvgIpc) is 2.41. The minimum absolute atomic E-state index is 0.314. The van der Waals surface area contributed by atoms with Crippen LogP contribution in [-0.4, -0.2) is 24.4 Å². The molecule has 3 heteroatoms. The molecule has 1 aliphatic rings. The lowest BCUT2D eigenvalue weighted by Crippen LogP contribution is -2.08. The summed E-state index contributed by atoms with van der Waals surface area (Å²) in [5.74, 6) is 1.56. The van der Waals surface area contributed by atoms with Gasteiger partial charge in [0.1, 0.15) is 0 Å². The highest BCUT2D eigenvalue weighted by molar-refractivity contribution is 5.69. The van der Waals surface area contributed by atoms with E-state index < -0.39 is 0 Å². The first-order valence-corrected chi connectivity index (χ1v) is 7.03. The van der Waals surface area contributed by atoms with Crippen LogP contribution in [0.3, 0.4) is 0 Å². The SMILES string of the molecule is CCOc1ccc(C2=CC(O)CCC2)cc1OCC. The molecule has 0 heterocycles. The molecule has 1 aliphatic carbocycles. The Hall–Kier alpha value is -1.48. The molecule has 0 saturated carbocycles. The minimum atomic E-state index is -0.314. The van der Waals surface area contributed by atoms with E-state index in [9.17, 15) is 5.11 Å². The Kier molecular flexibility index (Phi) is 4.86. The Bertz CT molecular complexity index is 451. The number of aliphatic hydroxyl groups is 1. The van der Waals surface area contributed by atoms with Gasteiger partial charge in [-0.3, -0.25) is 0 Å². The molecule has 1 aromatic rings. The molecule has 1 unspecified atom stereocenters. The van der Waals surface area contributed by atoms with Crippen LogP contribution >= 0.6 is 0 Å². The van der Waals surface area contributed by atoms with Gasteiger partial charge in [-0.1, -0.05) is 12.1 Å². The molecule has 1 N–H and O–H groups in total. The van der Waals surface area contributed by atoms with Crippen LogP contribution in [0.2, 0.25) is 0 Å². The summed E-state index contributed by atoms with van der Waals surface area (Å²) >= 11 is 0. The molecule has 2 rings (SSSR count). The summed E-state index contributed by atoms with van der Waals surface area (Å²) < 4.78 is 11.2. The number of hydrogen-bond donors (Lipinski definition) is 1. The topological polar surface area (TPSA) is 38.7 Å². The number of rotatable bonds is 5. The Morgan fingerprint density at radius 3 is 2.58 bits per heavy atom. The summed E-state index contributed by atoms with van der Waals surface area (Å²) in [4.78, 5) is 0. The molecule has 0 aliphatic heterocycles. The van der Waals surface area contributed by atoms with E-state index in [2.05, 4.69) is 0 Å². The summed E-state index contributed by atoms with van der Waals surface area (Å²) in [5, 5.41) is 9.72. The van der Waals surface area contributed by atoms with Gasteiger partial charge in [-0.2, -0.15) is 0 Å². The molecular weight excluding hydrogens is 240 g/mol. The molecule has 0 spiro atoms.